The Hall–Kier alpha value is -5.18. The van der Waals surface area contributed by atoms with Crippen LogP contribution in [0.2, 0.25) is 10.0 Å². The van der Waals surface area contributed by atoms with Gasteiger partial charge in [0.05, 0.1) is 59.5 Å². The number of sulfonamides is 2. The fraction of sp³-hybridized carbons (Fsp3) is 0.565. The van der Waals surface area contributed by atoms with Crippen molar-refractivity contribution in [1.29, 1.82) is 0 Å². The molecule has 2 amide bonds. The van der Waals surface area contributed by atoms with Crippen molar-refractivity contribution in [2.24, 2.45) is 23.7 Å². The van der Waals surface area contributed by atoms with Gasteiger partial charge in [-0.3, -0.25) is 9.59 Å². The van der Waals surface area contributed by atoms with Crippen molar-refractivity contribution in [2.45, 2.75) is 170 Å². The molecule has 484 valence electrons. The van der Waals surface area contributed by atoms with Crippen LogP contribution in [0.4, 0.5) is 11.4 Å². The standard InChI is InChI=1S/2C34H43ClN2O6S.CH4/c2*1-22(42-2)16-27-7-3-4-8-31(38)28-12-9-25(28)19-37-20-34(15-5-6-23-17-26(35)11-13-29(23)34)21-43-32-14-10-24(18-30(32)37)33(39)36-44(27,40)41;/h2*4,8,10-11,13-14,17-18,22,25,27-28,31,38H,3,5-7,9,12,15-16,19-21H2,1-2H3,(H,36,39);1H4/b2*8-4+;/t22-,25+,27+,28-,31+,34+;22-,25+,27-,28-,31+,34+;/m11./s1. The number of carbonyl (C=O) groups is 2. The Morgan fingerprint density at radius 2 is 1.02 bits per heavy atom. The number of hydrogen-bond donors (Lipinski definition) is 4. The van der Waals surface area contributed by atoms with E-state index >= 15 is 0 Å². The SMILES string of the molecule is C.CO[C@H](C)C[C@@H]1CC/C=C/[C@H](O)[C@@H]2CC[C@H]2CN2C[C@@]3(CCCc4cc(Cl)ccc43)COc3ccc(cc32)C(=O)NS1(=O)=O.CO[C@H](C)C[C@H]1CC/C=C/[C@H](O)[C@@H]2CC[C@H]2CN2C[C@@]3(CCCc4cc(Cl)ccc43)COc3ccc(cc32)C(=O)NS1(=O)=O. The van der Waals surface area contributed by atoms with E-state index in [4.69, 9.17) is 42.1 Å². The minimum atomic E-state index is -4.01. The molecule has 12 atom stereocenters. The van der Waals surface area contributed by atoms with E-state index in [1.807, 2.05) is 50.3 Å². The minimum absolute atomic E-state index is 0. The molecule has 0 saturated heterocycles. The number of amides is 2. The lowest BCUT2D eigenvalue weighted by Crippen LogP contribution is -2.49. The monoisotopic (exact) mass is 1300 g/mol. The Morgan fingerprint density at radius 1 is 0.607 bits per heavy atom. The summed E-state index contributed by atoms with van der Waals surface area (Å²) in [5, 5.41) is 22.2. The van der Waals surface area contributed by atoms with Crippen LogP contribution >= 0.6 is 23.2 Å². The summed E-state index contributed by atoms with van der Waals surface area (Å²) in [7, 11) is -4.92. The summed E-state index contributed by atoms with van der Waals surface area (Å²) in [5.74, 6) is 0.801. The van der Waals surface area contributed by atoms with Gasteiger partial charge in [0.25, 0.3) is 11.8 Å². The van der Waals surface area contributed by atoms with Crippen molar-refractivity contribution >= 4 is 66.4 Å². The summed E-state index contributed by atoms with van der Waals surface area (Å²) < 4.78 is 82.6. The topological polar surface area (TPSA) is 210 Å². The van der Waals surface area contributed by atoms with Crippen LogP contribution in [0.15, 0.2) is 97.1 Å². The van der Waals surface area contributed by atoms with Crippen molar-refractivity contribution < 1.29 is 55.6 Å². The average molecular weight is 1300 g/mol. The molecule has 0 unspecified atom stereocenters. The molecule has 4 N–H and O–H groups in total. The molecule has 4 aromatic carbocycles. The number of carbonyl (C=O) groups excluding carboxylic acids is 2. The second-order valence-electron chi connectivity index (χ2n) is 26.3. The highest BCUT2D eigenvalue weighted by Gasteiger charge is 2.47. The van der Waals surface area contributed by atoms with Crippen LogP contribution in [0.5, 0.6) is 11.5 Å². The zero-order valence-electron chi connectivity index (χ0n) is 51.0. The van der Waals surface area contributed by atoms with Crippen LogP contribution in [0.1, 0.15) is 154 Å². The fourth-order valence-corrected chi connectivity index (χ4v) is 18.6. The molecule has 4 bridgehead atoms. The van der Waals surface area contributed by atoms with Gasteiger partial charge in [0.15, 0.2) is 0 Å². The van der Waals surface area contributed by atoms with Gasteiger partial charge in [-0.05, 0) is 223 Å². The lowest BCUT2D eigenvalue weighted by molar-refractivity contribution is 0.0454. The molecule has 20 heteroatoms. The number of ether oxygens (including phenoxy) is 4. The first-order valence-corrected chi connectivity index (χ1v) is 35.5. The number of aliphatic hydroxyl groups excluding tert-OH is 2. The molecular formula is C69H90Cl2N4O12S2. The lowest BCUT2D eigenvalue weighted by Gasteiger charge is -2.45. The molecule has 12 rings (SSSR count). The number of methoxy groups -OCH3 is 2. The number of allylic oxidation sites excluding steroid dienone is 2. The second-order valence-corrected chi connectivity index (χ2v) is 31.1. The van der Waals surface area contributed by atoms with E-state index in [0.717, 1.165) is 85.6 Å². The third kappa shape index (κ3) is 14.6. The fourth-order valence-electron chi connectivity index (χ4n) is 15.2. The smallest absolute Gasteiger partial charge is 0.264 e. The molecular weight excluding hydrogens is 1210 g/mol. The Morgan fingerprint density at radius 3 is 1.40 bits per heavy atom. The van der Waals surface area contributed by atoms with Crippen LogP contribution in [0.25, 0.3) is 0 Å². The van der Waals surface area contributed by atoms with E-state index in [9.17, 15) is 36.6 Å². The van der Waals surface area contributed by atoms with Crippen molar-refractivity contribution in [3.05, 3.63) is 141 Å². The predicted octanol–water partition coefficient (Wildman–Crippen LogP) is 11.4. The van der Waals surface area contributed by atoms with Gasteiger partial charge in [-0.1, -0.05) is 67.1 Å². The number of rotatable bonds is 6. The van der Waals surface area contributed by atoms with Gasteiger partial charge in [0, 0.05) is 72.4 Å². The minimum Gasteiger partial charge on any atom is -0.490 e. The van der Waals surface area contributed by atoms with E-state index in [0.29, 0.717) is 76.6 Å². The Bertz CT molecular complexity index is 3290. The third-order valence-corrected chi connectivity index (χ3v) is 24.7. The zero-order valence-corrected chi connectivity index (χ0v) is 54.2. The van der Waals surface area contributed by atoms with E-state index < -0.39 is 54.6 Å². The largest absolute Gasteiger partial charge is 0.490 e. The summed E-state index contributed by atoms with van der Waals surface area (Å²) >= 11 is 12.8. The summed E-state index contributed by atoms with van der Waals surface area (Å²) in [4.78, 5) is 31.7. The van der Waals surface area contributed by atoms with E-state index in [1.165, 1.54) is 22.3 Å². The van der Waals surface area contributed by atoms with Gasteiger partial charge in [0.1, 0.15) is 11.5 Å². The molecule has 4 aliphatic carbocycles. The Balaban J connectivity index is 0.000000194. The number of benzene rings is 4. The first-order chi connectivity index (χ1) is 42.2. The van der Waals surface area contributed by atoms with Crippen molar-refractivity contribution in [1.82, 2.24) is 9.44 Å². The van der Waals surface area contributed by atoms with Crippen LogP contribution < -0.4 is 28.7 Å². The summed E-state index contributed by atoms with van der Waals surface area (Å²) in [6.07, 6.45) is 17.5. The maximum absolute atomic E-state index is 13.5. The van der Waals surface area contributed by atoms with Crippen LogP contribution in [-0.2, 0) is 53.2 Å². The van der Waals surface area contributed by atoms with Gasteiger partial charge in [-0.25, -0.2) is 26.3 Å². The van der Waals surface area contributed by atoms with Crippen molar-refractivity contribution in [3.8, 4) is 11.5 Å². The quantitative estimate of drug-likeness (QED) is 0.132. The molecule has 89 heavy (non-hydrogen) atoms. The third-order valence-electron chi connectivity index (χ3n) is 20.7. The van der Waals surface area contributed by atoms with Gasteiger partial charge in [-0.2, -0.15) is 0 Å². The van der Waals surface area contributed by atoms with Gasteiger partial charge in [-0.15, -0.1) is 0 Å². The zero-order chi connectivity index (χ0) is 62.1. The maximum Gasteiger partial charge on any atom is 0.264 e. The summed E-state index contributed by atoms with van der Waals surface area (Å²) in [6.45, 7) is 7.40. The maximum atomic E-state index is 13.5. The molecule has 2 spiro atoms. The van der Waals surface area contributed by atoms with Gasteiger partial charge >= 0.3 is 0 Å². The molecule has 2 saturated carbocycles. The molecule has 4 heterocycles. The van der Waals surface area contributed by atoms with E-state index in [-0.39, 0.29) is 78.1 Å². The molecule has 8 aliphatic rings. The van der Waals surface area contributed by atoms with E-state index in [2.05, 4.69) is 43.5 Å². The first-order valence-electron chi connectivity index (χ1n) is 31.7. The van der Waals surface area contributed by atoms with Crippen LogP contribution in [0.3, 0.4) is 0 Å². The first kappa shape index (κ1) is 66.7. The molecule has 16 nitrogen and oxygen atoms in total. The summed E-state index contributed by atoms with van der Waals surface area (Å²) in [5.41, 5.74) is 6.55. The molecule has 0 aromatic heterocycles. The Kier molecular flexibility index (Phi) is 21.0. The number of anilines is 2. The average Bonchev–Trinajstić information content (AvgIpc) is 1.82. The lowest BCUT2D eigenvalue weighted by atomic mass is 9.68. The highest BCUT2D eigenvalue weighted by atomic mass is 35.5. The number of hydrogen-bond acceptors (Lipinski definition) is 14. The van der Waals surface area contributed by atoms with Crippen molar-refractivity contribution in [2.75, 3.05) is 63.4 Å². The van der Waals surface area contributed by atoms with Crippen molar-refractivity contribution in [3.63, 3.8) is 0 Å². The molecule has 4 aromatic rings. The highest BCUT2D eigenvalue weighted by Crippen LogP contribution is 2.49. The molecule has 2 fully saturated rings. The normalized spacial score (nSPS) is 31.0. The number of halogens is 2. The van der Waals surface area contributed by atoms with Crippen LogP contribution in [-0.4, -0.2) is 127 Å². The predicted molar refractivity (Wildman–Crippen MR) is 351 cm³/mol. The van der Waals surface area contributed by atoms with Crippen LogP contribution in [0, 0.1) is 23.7 Å². The summed E-state index contributed by atoms with van der Waals surface area (Å²) in [6, 6.07) is 22.7. The Labute approximate surface area is 537 Å². The van der Waals surface area contributed by atoms with E-state index in [1.54, 1.807) is 50.6 Å². The van der Waals surface area contributed by atoms with Gasteiger partial charge in [0.2, 0.25) is 20.0 Å². The second kappa shape index (κ2) is 28.0. The number of aryl methyl sites for hydroxylation is 2. The van der Waals surface area contributed by atoms with Gasteiger partial charge < -0.3 is 39.0 Å². The molecule has 0 radical (unpaired) electrons. The number of nitrogens with zero attached hydrogens (tertiary/aromatic N) is 2. The number of nitrogens with one attached hydrogen (secondary N) is 2. The number of aliphatic hydroxyl groups is 2. The molecule has 4 aliphatic heterocycles. The number of fused-ring (bicyclic) bond motifs is 8. The highest BCUT2D eigenvalue weighted by molar-refractivity contribution is 7.91.